The highest BCUT2D eigenvalue weighted by molar-refractivity contribution is 5.91. The summed E-state index contributed by atoms with van der Waals surface area (Å²) < 4.78 is 0. The number of aliphatic hydroxyl groups excluding tert-OH is 1. The Morgan fingerprint density at radius 1 is 1.56 bits per heavy atom. The molecule has 7 heteroatoms. The summed E-state index contributed by atoms with van der Waals surface area (Å²) in [6, 6.07) is -1.10. The van der Waals surface area contributed by atoms with E-state index in [2.05, 4.69) is 10.6 Å². The van der Waals surface area contributed by atoms with E-state index >= 15 is 0 Å². The molecule has 4 N–H and O–H groups in total. The first-order chi connectivity index (χ1) is 7.54. The molecule has 0 aliphatic carbocycles. The summed E-state index contributed by atoms with van der Waals surface area (Å²) in [4.78, 5) is 33.1. The van der Waals surface area contributed by atoms with Crippen molar-refractivity contribution < 1.29 is 24.6 Å². The Morgan fingerprint density at radius 3 is 2.69 bits per heavy atom. The second-order valence-corrected chi connectivity index (χ2v) is 3.62. The molecule has 0 saturated carbocycles. The van der Waals surface area contributed by atoms with Crippen LogP contribution in [0.3, 0.4) is 0 Å². The SMILES string of the molecule is O=C1CC(C(=O)N[C@@H](CCO)C(=O)O)CN1. The Labute approximate surface area is 91.8 Å². The smallest absolute Gasteiger partial charge is 0.326 e. The minimum atomic E-state index is -1.19. The molecule has 1 fully saturated rings. The Hall–Kier alpha value is -1.63. The third-order valence-corrected chi connectivity index (χ3v) is 2.38. The minimum Gasteiger partial charge on any atom is -0.480 e. The summed E-state index contributed by atoms with van der Waals surface area (Å²) in [5.74, 6) is -2.40. The number of hydrogen-bond donors (Lipinski definition) is 4. The van der Waals surface area contributed by atoms with E-state index < -0.39 is 23.8 Å². The Bertz CT molecular complexity index is 304. The number of carbonyl (C=O) groups is 3. The first kappa shape index (κ1) is 12.4. The van der Waals surface area contributed by atoms with Crippen LogP contribution in [-0.2, 0) is 14.4 Å². The van der Waals surface area contributed by atoms with E-state index in [1.807, 2.05) is 0 Å². The zero-order chi connectivity index (χ0) is 12.1. The van der Waals surface area contributed by atoms with E-state index in [0.29, 0.717) is 0 Å². The molecule has 1 aliphatic heterocycles. The van der Waals surface area contributed by atoms with Crippen molar-refractivity contribution in [2.24, 2.45) is 5.92 Å². The fourth-order valence-electron chi connectivity index (χ4n) is 1.47. The molecule has 0 aromatic heterocycles. The van der Waals surface area contributed by atoms with Gasteiger partial charge >= 0.3 is 5.97 Å². The van der Waals surface area contributed by atoms with Crippen molar-refractivity contribution in [3.05, 3.63) is 0 Å². The predicted molar refractivity (Wildman–Crippen MR) is 52.4 cm³/mol. The van der Waals surface area contributed by atoms with Crippen LogP contribution in [0.2, 0.25) is 0 Å². The molecule has 1 unspecified atom stereocenters. The first-order valence-electron chi connectivity index (χ1n) is 4.95. The number of hydrogen-bond acceptors (Lipinski definition) is 4. The lowest BCUT2D eigenvalue weighted by Gasteiger charge is -2.15. The molecule has 0 bridgehead atoms. The molecule has 90 valence electrons. The van der Waals surface area contributed by atoms with Crippen LogP contribution in [0, 0.1) is 5.92 Å². The van der Waals surface area contributed by atoms with Gasteiger partial charge in [0.2, 0.25) is 11.8 Å². The van der Waals surface area contributed by atoms with Gasteiger partial charge in [-0.25, -0.2) is 4.79 Å². The highest BCUT2D eigenvalue weighted by Gasteiger charge is 2.30. The number of amides is 2. The van der Waals surface area contributed by atoms with Gasteiger partial charge in [-0.3, -0.25) is 9.59 Å². The van der Waals surface area contributed by atoms with Crippen molar-refractivity contribution in [1.82, 2.24) is 10.6 Å². The van der Waals surface area contributed by atoms with Crippen LogP contribution < -0.4 is 10.6 Å². The Balaban J connectivity index is 2.48. The molecule has 0 spiro atoms. The number of aliphatic hydroxyl groups is 1. The van der Waals surface area contributed by atoms with E-state index in [1.165, 1.54) is 0 Å². The maximum Gasteiger partial charge on any atom is 0.326 e. The first-order valence-corrected chi connectivity index (χ1v) is 4.95. The van der Waals surface area contributed by atoms with Gasteiger partial charge in [0.05, 0.1) is 5.92 Å². The lowest BCUT2D eigenvalue weighted by atomic mass is 10.1. The van der Waals surface area contributed by atoms with Crippen molar-refractivity contribution in [3.8, 4) is 0 Å². The van der Waals surface area contributed by atoms with Crippen molar-refractivity contribution in [3.63, 3.8) is 0 Å². The molecule has 0 radical (unpaired) electrons. The maximum absolute atomic E-state index is 11.5. The zero-order valence-corrected chi connectivity index (χ0v) is 8.60. The van der Waals surface area contributed by atoms with Crippen LogP contribution in [-0.4, -0.2) is 47.2 Å². The van der Waals surface area contributed by atoms with Gasteiger partial charge in [0.15, 0.2) is 0 Å². The second-order valence-electron chi connectivity index (χ2n) is 3.62. The fraction of sp³-hybridized carbons (Fsp3) is 0.667. The molecule has 1 saturated heterocycles. The summed E-state index contributed by atoms with van der Waals surface area (Å²) in [7, 11) is 0. The van der Waals surface area contributed by atoms with Gasteiger partial charge in [0, 0.05) is 26.0 Å². The largest absolute Gasteiger partial charge is 0.480 e. The van der Waals surface area contributed by atoms with Gasteiger partial charge in [-0.15, -0.1) is 0 Å². The van der Waals surface area contributed by atoms with Gasteiger partial charge in [0.25, 0.3) is 0 Å². The molecule has 0 aromatic rings. The fourth-order valence-corrected chi connectivity index (χ4v) is 1.47. The standard InChI is InChI=1S/C9H14N2O5/c12-2-1-6(9(15)16)11-8(14)5-3-7(13)10-4-5/h5-6,12H,1-4H2,(H,10,13)(H,11,14)(H,15,16)/t5?,6-/m0/s1. The average molecular weight is 230 g/mol. The Morgan fingerprint density at radius 2 is 2.25 bits per heavy atom. The number of carboxylic acids is 1. The minimum absolute atomic E-state index is 0.0465. The van der Waals surface area contributed by atoms with Gasteiger partial charge in [-0.1, -0.05) is 0 Å². The topological polar surface area (TPSA) is 116 Å². The summed E-state index contributed by atoms with van der Waals surface area (Å²) in [5, 5.41) is 22.1. The van der Waals surface area contributed by atoms with Crippen LogP contribution in [0.1, 0.15) is 12.8 Å². The van der Waals surface area contributed by atoms with Crippen LogP contribution >= 0.6 is 0 Å². The normalized spacial score (nSPS) is 21.3. The zero-order valence-electron chi connectivity index (χ0n) is 8.60. The number of carboxylic acid groups (broad SMARTS) is 1. The molecule has 1 rings (SSSR count). The number of rotatable bonds is 5. The number of carbonyl (C=O) groups excluding carboxylic acids is 2. The highest BCUT2D eigenvalue weighted by atomic mass is 16.4. The van der Waals surface area contributed by atoms with Crippen LogP contribution in [0.25, 0.3) is 0 Å². The lowest BCUT2D eigenvalue weighted by Crippen LogP contribution is -2.44. The molecule has 2 atom stereocenters. The van der Waals surface area contributed by atoms with Gasteiger partial charge in [-0.2, -0.15) is 0 Å². The van der Waals surface area contributed by atoms with Crippen molar-refractivity contribution >= 4 is 17.8 Å². The van der Waals surface area contributed by atoms with Crippen LogP contribution in [0.4, 0.5) is 0 Å². The van der Waals surface area contributed by atoms with E-state index in [-0.39, 0.29) is 31.9 Å². The average Bonchev–Trinajstić information content (AvgIpc) is 2.64. The second kappa shape index (κ2) is 5.45. The van der Waals surface area contributed by atoms with Crippen molar-refractivity contribution in [2.75, 3.05) is 13.2 Å². The molecule has 16 heavy (non-hydrogen) atoms. The van der Waals surface area contributed by atoms with Gasteiger partial charge < -0.3 is 20.8 Å². The van der Waals surface area contributed by atoms with Crippen molar-refractivity contribution in [2.45, 2.75) is 18.9 Å². The predicted octanol–water partition coefficient (Wildman–Crippen LogP) is -1.93. The monoisotopic (exact) mass is 230 g/mol. The molecule has 1 aliphatic rings. The Kier molecular flexibility index (Phi) is 4.24. The lowest BCUT2D eigenvalue weighted by molar-refractivity contribution is -0.142. The van der Waals surface area contributed by atoms with Crippen molar-refractivity contribution in [1.29, 1.82) is 0 Å². The third-order valence-electron chi connectivity index (χ3n) is 2.38. The third kappa shape index (κ3) is 3.20. The molecule has 2 amide bonds. The summed E-state index contributed by atoms with van der Waals surface area (Å²) in [6.45, 7) is -0.0881. The van der Waals surface area contributed by atoms with E-state index in [0.717, 1.165) is 0 Å². The number of nitrogens with one attached hydrogen (secondary N) is 2. The van der Waals surface area contributed by atoms with E-state index in [9.17, 15) is 14.4 Å². The summed E-state index contributed by atoms with van der Waals surface area (Å²) in [6.07, 6.45) is 0.0342. The molecule has 1 heterocycles. The number of aliphatic carboxylic acids is 1. The van der Waals surface area contributed by atoms with Gasteiger partial charge in [-0.05, 0) is 0 Å². The van der Waals surface area contributed by atoms with E-state index in [4.69, 9.17) is 10.2 Å². The quantitative estimate of drug-likeness (QED) is 0.439. The van der Waals surface area contributed by atoms with Crippen LogP contribution in [0.15, 0.2) is 0 Å². The van der Waals surface area contributed by atoms with Gasteiger partial charge in [0.1, 0.15) is 6.04 Å². The molecule has 7 nitrogen and oxygen atoms in total. The van der Waals surface area contributed by atoms with Crippen LogP contribution in [0.5, 0.6) is 0 Å². The summed E-state index contributed by atoms with van der Waals surface area (Å²) in [5.41, 5.74) is 0. The summed E-state index contributed by atoms with van der Waals surface area (Å²) >= 11 is 0. The highest BCUT2D eigenvalue weighted by Crippen LogP contribution is 2.09. The molecule has 0 aromatic carbocycles. The molecular formula is C9H14N2O5. The van der Waals surface area contributed by atoms with E-state index in [1.54, 1.807) is 0 Å². The molecular weight excluding hydrogens is 216 g/mol. The maximum atomic E-state index is 11.5.